The van der Waals surface area contributed by atoms with E-state index in [-0.39, 0.29) is 24.8 Å². The topological polar surface area (TPSA) is 77.9 Å². The second-order valence-corrected chi connectivity index (χ2v) is 8.76. The van der Waals surface area contributed by atoms with Gasteiger partial charge in [-0.05, 0) is 72.9 Å². The monoisotopic (exact) mass is 498 g/mol. The second-order valence-electron chi connectivity index (χ2n) is 8.38. The van der Waals surface area contributed by atoms with Gasteiger partial charge in [0, 0.05) is 35.5 Å². The number of benzene rings is 2. The molecule has 2 aliphatic rings. The number of hydrogen-bond donors (Lipinski definition) is 1. The van der Waals surface area contributed by atoms with Crippen molar-refractivity contribution in [1.82, 2.24) is 14.9 Å². The highest BCUT2D eigenvalue weighted by atomic mass is 32.1. The second kappa shape index (κ2) is 9.01. The average molecular weight is 499 g/mol. The molecule has 1 saturated heterocycles. The van der Waals surface area contributed by atoms with Crippen LogP contribution in [0.25, 0.3) is 5.69 Å². The third-order valence-electron chi connectivity index (χ3n) is 6.38. The maximum atomic E-state index is 11.9. The van der Waals surface area contributed by atoms with E-state index >= 15 is 0 Å². The van der Waals surface area contributed by atoms with Gasteiger partial charge < -0.3 is 29.0 Å². The molecule has 2 atom stereocenters. The van der Waals surface area contributed by atoms with Crippen molar-refractivity contribution in [2.24, 2.45) is 0 Å². The fourth-order valence-corrected chi connectivity index (χ4v) is 5.06. The molecule has 6 rings (SSSR count). The number of ether oxygens (including phenoxy) is 3. The third kappa shape index (κ3) is 3.74. The fraction of sp³-hybridized carbons (Fsp3) is 0.148. The molecule has 0 amide bonds. The number of pyridine rings is 1. The highest BCUT2D eigenvalue weighted by molar-refractivity contribution is 7.80. The minimum atomic E-state index is -0.371. The number of esters is 1. The van der Waals surface area contributed by atoms with Crippen LogP contribution < -0.4 is 19.7 Å². The molecule has 1 fully saturated rings. The Kier molecular flexibility index (Phi) is 5.54. The molecule has 2 aliphatic heterocycles. The van der Waals surface area contributed by atoms with Crippen LogP contribution in [0.3, 0.4) is 0 Å². The summed E-state index contributed by atoms with van der Waals surface area (Å²) in [5, 5.41) is 4.07. The lowest BCUT2D eigenvalue weighted by molar-refractivity contribution is 0.0600. The summed E-state index contributed by atoms with van der Waals surface area (Å²) in [6, 6.07) is 22.7. The summed E-state index contributed by atoms with van der Waals surface area (Å²) in [5.74, 6) is 1.02. The summed E-state index contributed by atoms with van der Waals surface area (Å²) in [7, 11) is 1.37. The first-order valence-electron chi connectivity index (χ1n) is 11.4. The van der Waals surface area contributed by atoms with Gasteiger partial charge in [0.05, 0.1) is 24.4 Å². The minimum Gasteiger partial charge on any atom is -0.465 e. The number of rotatable bonds is 5. The Hall–Kier alpha value is -4.37. The molecule has 0 aliphatic carbocycles. The number of hydrogen-bond acceptors (Lipinski definition) is 6. The van der Waals surface area contributed by atoms with Crippen molar-refractivity contribution in [1.29, 1.82) is 0 Å². The maximum absolute atomic E-state index is 11.9. The van der Waals surface area contributed by atoms with E-state index in [1.165, 1.54) is 7.11 Å². The van der Waals surface area contributed by atoms with Crippen molar-refractivity contribution < 1.29 is 19.0 Å². The van der Waals surface area contributed by atoms with Gasteiger partial charge in [-0.25, -0.2) is 4.79 Å². The molecule has 0 radical (unpaired) electrons. The lowest BCUT2D eigenvalue weighted by Crippen LogP contribution is -2.30. The predicted octanol–water partition coefficient (Wildman–Crippen LogP) is 4.56. The third-order valence-corrected chi connectivity index (χ3v) is 6.70. The molecule has 2 aromatic heterocycles. The number of carbonyl (C=O) groups is 1. The van der Waals surface area contributed by atoms with Crippen LogP contribution in [-0.4, -0.2) is 34.5 Å². The van der Waals surface area contributed by atoms with E-state index in [2.05, 4.69) is 25.8 Å². The average Bonchev–Trinajstić information content (AvgIpc) is 3.66. The van der Waals surface area contributed by atoms with Gasteiger partial charge in [0.25, 0.3) is 0 Å². The van der Waals surface area contributed by atoms with Crippen molar-refractivity contribution in [2.45, 2.75) is 12.1 Å². The Morgan fingerprint density at radius 1 is 1.03 bits per heavy atom. The zero-order valence-electron chi connectivity index (χ0n) is 19.3. The molecule has 9 heteroatoms. The lowest BCUT2D eigenvalue weighted by Gasteiger charge is -2.29. The van der Waals surface area contributed by atoms with E-state index in [0.717, 1.165) is 22.8 Å². The molecule has 180 valence electrons. The predicted molar refractivity (Wildman–Crippen MR) is 138 cm³/mol. The zero-order valence-corrected chi connectivity index (χ0v) is 20.1. The number of nitrogens with one attached hydrogen (secondary N) is 1. The molecule has 8 nitrogen and oxygen atoms in total. The number of anilines is 1. The zero-order chi connectivity index (χ0) is 24.6. The highest BCUT2D eigenvalue weighted by Crippen LogP contribution is 2.44. The van der Waals surface area contributed by atoms with Gasteiger partial charge in [0.1, 0.15) is 6.04 Å². The first kappa shape index (κ1) is 22.1. The Labute approximate surface area is 213 Å². The number of fused-ring (bicyclic) bond motifs is 1. The van der Waals surface area contributed by atoms with Gasteiger partial charge in [-0.1, -0.05) is 6.07 Å². The van der Waals surface area contributed by atoms with Gasteiger partial charge in [-0.15, -0.1) is 0 Å². The molecule has 0 spiro atoms. The van der Waals surface area contributed by atoms with Crippen molar-refractivity contribution in [3.63, 3.8) is 0 Å². The summed E-state index contributed by atoms with van der Waals surface area (Å²) in [4.78, 5) is 18.6. The maximum Gasteiger partial charge on any atom is 0.337 e. The quantitative estimate of drug-likeness (QED) is 0.317. The normalized spacial score (nSPS) is 18.2. The van der Waals surface area contributed by atoms with Crippen LogP contribution >= 0.6 is 12.2 Å². The Morgan fingerprint density at radius 3 is 2.61 bits per heavy atom. The summed E-state index contributed by atoms with van der Waals surface area (Å²) >= 11 is 5.85. The SMILES string of the molecule is COC(=O)c1ccc(-n2cccc2C2C(c3ccccn3)NC(=S)N2c2ccc3c(c2)OCO3)cc1. The van der Waals surface area contributed by atoms with Crippen molar-refractivity contribution in [3.8, 4) is 17.2 Å². The lowest BCUT2D eigenvalue weighted by atomic mass is 10.0. The van der Waals surface area contributed by atoms with Gasteiger partial charge in [-0.2, -0.15) is 0 Å². The van der Waals surface area contributed by atoms with Crippen LogP contribution in [0.2, 0.25) is 0 Å². The molecule has 36 heavy (non-hydrogen) atoms. The van der Waals surface area contributed by atoms with Crippen LogP contribution in [0.4, 0.5) is 5.69 Å². The molecule has 2 aromatic carbocycles. The molecule has 0 bridgehead atoms. The number of methoxy groups -OCH3 is 1. The molecule has 1 N–H and O–H groups in total. The largest absolute Gasteiger partial charge is 0.465 e. The molecular weight excluding hydrogens is 476 g/mol. The Balaban J connectivity index is 1.46. The number of nitrogens with zero attached hydrogens (tertiary/aromatic N) is 3. The minimum absolute atomic E-state index is 0.200. The fourth-order valence-electron chi connectivity index (χ4n) is 4.71. The molecule has 2 unspecified atom stereocenters. The highest BCUT2D eigenvalue weighted by Gasteiger charge is 2.42. The van der Waals surface area contributed by atoms with Crippen LogP contribution in [0.15, 0.2) is 85.2 Å². The van der Waals surface area contributed by atoms with E-state index in [4.69, 9.17) is 26.4 Å². The molecular formula is C27H22N4O4S. The van der Waals surface area contributed by atoms with Crippen molar-refractivity contribution in [2.75, 3.05) is 18.8 Å². The number of aromatic nitrogens is 2. The van der Waals surface area contributed by atoms with Crippen LogP contribution in [0.5, 0.6) is 11.5 Å². The van der Waals surface area contributed by atoms with Crippen LogP contribution in [-0.2, 0) is 4.74 Å². The van der Waals surface area contributed by atoms with Gasteiger partial charge in [0.15, 0.2) is 16.6 Å². The van der Waals surface area contributed by atoms with E-state index in [9.17, 15) is 4.79 Å². The van der Waals surface area contributed by atoms with Crippen molar-refractivity contribution in [3.05, 3.63) is 102 Å². The van der Waals surface area contributed by atoms with Gasteiger partial charge in [-0.3, -0.25) is 4.98 Å². The van der Waals surface area contributed by atoms with E-state index in [1.807, 2.05) is 60.8 Å². The number of carbonyl (C=O) groups excluding carboxylic acids is 1. The summed E-state index contributed by atoms with van der Waals surface area (Å²) in [6.45, 7) is 0.200. The van der Waals surface area contributed by atoms with Crippen LogP contribution in [0.1, 0.15) is 33.8 Å². The molecule has 4 heterocycles. The van der Waals surface area contributed by atoms with E-state index < -0.39 is 0 Å². The summed E-state index contributed by atoms with van der Waals surface area (Å²) in [5.41, 5.74) is 4.16. The summed E-state index contributed by atoms with van der Waals surface area (Å²) < 4.78 is 18.1. The standard InChI is InChI=1S/C27H22N4O4S/c1-33-26(32)17-7-9-18(10-8-17)30-14-4-6-21(30)25-24(20-5-2-3-13-28-20)29-27(36)31(25)19-11-12-22-23(15-19)35-16-34-22/h2-15,24-25H,16H2,1H3,(H,29,36). The Morgan fingerprint density at radius 2 is 1.83 bits per heavy atom. The smallest absolute Gasteiger partial charge is 0.337 e. The van der Waals surface area contributed by atoms with E-state index in [0.29, 0.717) is 22.2 Å². The van der Waals surface area contributed by atoms with Gasteiger partial charge in [0.2, 0.25) is 6.79 Å². The number of thiocarbonyl (C=S) groups is 1. The molecule has 0 saturated carbocycles. The summed E-state index contributed by atoms with van der Waals surface area (Å²) in [6.07, 6.45) is 3.78. The molecule has 4 aromatic rings. The Bertz CT molecular complexity index is 1440. The van der Waals surface area contributed by atoms with E-state index in [1.54, 1.807) is 18.3 Å². The van der Waals surface area contributed by atoms with Crippen molar-refractivity contribution >= 4 is 29.0 Å². The first-order valence-corrected chi connectivity index (χ1v) is 11.8. The van der Waals surface area contributed by atoms with Crippen LogP contribution in [0, 0.1) is 0 Å². The first-order chi connectivity index (χ1) is 17.6. The van der Waals surface area contributed by atoms with Gasteiger partial charge >= 0.3 is 5.97 Å².